The standard InChI is InChI=1S/C23H27N5O/c1-26-11-13-27(14-12-26)17-20-3-2-4-21(15-20)23(29)25-22-7-5-19(6-8-22)16-28-10-9-24-18-28/h2-10,15,18H,11-14,16-17H2,1H3,(H,25,29). The SMILES string of the molecule is CN1CCN(Cc2cccc(C(=O)Nc3ccc(Cn4ccnc4)cc3)c2)CC1. The number of piperazine rings is 1. The van der Waals surface area contributed by atoms with Crippen molar-refractivity contribution in [2.75, 3.05) is 38.5 Å². The molecule has 0 aliphatic carbocycles. The molecule has 0 unspecified atom stereocenters. The Labute approximate surface area is 171 Å². The van der Waals surface area contributed by atoms with Crippen molar-refractivity contribution in [2.24, 2.45) is 0 Å². The number of benzene rings is 2. The molecule has 4 rings (SSSR count). The minimum atomic E-state index is -0.0763. The van der Waals surface area contributed by atoms with Crippen LogP contribution in [0.15, 0.2) is 67.3 Å². The summed E-state index contributed by atoms with van der Waals surface area (Å²) in [5.74, 6) is -0.0763. The lowest BCUT2D eigenvalue weighted by molar-refractivity contribution is 0.102. The summed E-state index contributed by atoms with van der Waals surface area (Å²) in [5, 5.41) is 3.00. The molecule has 0 atom stereocenters. The molecule has 6 nitrogen and oxygen atoms in total. The quantitative estimate of drug-likeness (QED) is 0.704. The Morgan fingerprint density at radius 3 is 2.52 bits per heavy atom. The van der Waals surface area contributed by atoms with Crippen molar-refractivity contribution in [3.05, 3.63) is 83.9 Å². The molecule has 6 heteroatoms. The molecular weight excluding hydrogens is 362 g/mol. The van der Waals surface area contributed by atoms with Crippen molar-refractivity contribution >= 4 is 11.6 Å². The van der Waals surface area contributed by atoms with Crippen LogP contribution in [-0.4, -0.2) is 58.5 Å². The number of nitrogens with zero attached hydrogens (tertiary/aromatic N) is 4. The number of amides is 1. The van der Waals surface area contributed by atoms with Crippen LogP contribution < -0.4 is 5.32 Å². The lowest BCUT2D eigenvalue weighted by atomic mass is 10.1. The first kappa shape index (κ1) is 19.4. The fourth-order valence-electron chi connectivity index (χ4n) is 3.56. The van der Waals surface area contributed by atoms with Crippen LogP contribution in [0.4, 0.5) is 5.69 Å². The Bertz CT molecular complexity index is 928. The summed E-state index contributed by atoms with van der Waals surface area (Å²) in [6.45, 7) is 5.98. The van der Waals surface area contributed by atoms with Crippen molar-refractivity contribution in [3.8, 4) is 0 Å². The number of hydrogen-bond acceptors (Lipinski definition) is 4. The van der Waals surface area contributed by atoms with Gasteiger partial charge in [0.15, 0.2) is 0 Å². The van der Waals surface area contributed by atoms with Crippen LogP contribution in [0, 0.1) is 0 Å². The first-order valence-corrected chi connectivity index (χ1v) is 10.0. The largest absolute Gasteiger partial charge is 0.333 e. The third-order valence-corrected chi connectivity index (χ3v) is 5.33. The van der Waals surface area contributed by atoms with Gasteiger partial charge in [-0.25, -0.2) is 4.98 Å². The smallest absolute Gasteiger partial charge is 0.255 e. The Morgan fingerprint density at radius 2 is 1.79 bits per heavy atom. The molecule has 2 aromatic carbocycles. The minimum Gasteiger partial charge on any atom is -0.333 e. The number of anilines is 1. The summed E-state index contributed by atoms with van der Waals surface area (Å²) in [7, 11) is 2.16. The fraction of sp³-hybridized carbons (Fsp3) is 0.304. The van der Waals surface area contributed by atoms with Gasteiger partial charge in [-0.15, -0.1) is 0 Å². The van der Waals surface area contributed by atoms with Gasteiger partial charge in [-0.3, -0.25) is 9.69 Å². The Morgan fingerprint density at radius 1 is 1.00 bits per heavy atom. The maximum Gasteiger partial charge on any atom is 0.255 e. The summed E-state index contributed by atoms with van der Waals surface area (Å²) in [6, 6.07) is 15.9. The highest BCUT2D eigenvalue weighted by Crippen LogP contribution is 2.15. The zero-order chi connectivity index (χ0) is 20.1. The van der Waals surface area contributed by atoms with Crippen molar-refractivity contribution < 1.29 is 4.79 Å². The summed E-state index contributed by atoms with van der Waals surface area (Å²) in [5.41, 5.74) is 3.83. The van der Waals surface area contributed by atoms with Crippen molar-refractivity contribution in [1.29, 1.82) is 0 Å². The molecule has 150 valence electrons. The Kier molecular flexibility index (Phi) is 6.03. The topological polar surface area (TPSA) is 53.4 Å². The number of rotatable bonds is 6. The van der Waals surface area contributed by atoms with Gasteiger partial charge in [0.2, 0.25) is 0 Å². The second-order valence-corrected chi connectivity index (χ2v) is 7.67. The molecule has 0 saturated carbocycles. The zero-order valence-electron chi connectivity index (χ0n) is 16.8. The van der Waals surface area contributed by atoms with Crippen molar-refractivity contribution in [1.82, 2.24) is 19.4 Å². The van der Waals surface area contributed by atoms with Crippen LogP contribution in [0.1, 0.15) is 21.5 Å². The van der Waals surface area contributed by atoms with E-state index in [0.29, 0.717) is 5.56 Å². The maximum absolute atomic E-state index is 12.7. The second-order valence-electron chi connectivity index (χ2n) is 7.67. The number of aromatic nitrogens is 2. The summed E-state index contributed by atoms with van der Waals surface area (Å²) >= 11 is 0. The van der Waals surface area contributed by atoms with Gasteiger partial charge in [0, 0.05) is 62.9 Å². The molecular formula is C23H27N5O. The van der Waals surface area contributed by atoms with Gasteiger partial charge in [0.25, 0.3) is 5.91 Å². The number of imidazole rings is 1. The predicted molar refractivity (Wildman–Crippen MR) is 115 cm³/mol. The average Bonchev–Trinajstić information content (AvgIpc) is 3.24. The van der Waals surface area contributed by atoms with E-state index in [2.05, 4.69) is 33.2 Å². The number of nitrogens with one attached hydrogen (secondary N) is 1. The van der Waals surface area contributed by atoms with Crippen molar-refractivity contribution in [3.63, 3.8) is 0 Å². The lowest BCUT2D eigenvalue weighted by Crippen LogP contribution is -2.43. The van der Waals surface area contributed by atoms with Crippen LogP contribution in [0.2, 0.25) is 0 Å². The van der Waals surface area contributed by atoms with E-state index in [9.17, 15) is 4.79 Å². The molecule has 1 saturated heterocycles. The van der Waals surface area contributed by atoms with Gasteiger partial charge in [-0.1, -0.05) is 24.3 Å². The Hall–Kier alpha value is -2.96. The zero-order valence-corrected chi connectivity index (χ0v) is 16.8. The van der Waals surface area contributed by atoms with Crippen LogP contribution in [0.25, 0.3) is 0 Å². The van der Waals surface area contributed by atoms with E-state index in [-0.39, 0.29) is 5.91 Å². The first-order chi connectivity index (χ1) is 14.2. The van der Waals surface area contributed by atoms with Crippen LogP contribution in [0.5, 0.6) is 0 Å². The molecule has 29 heavy (non-hydrogen) atoms. The molecule has 0 spiro atoms. The van der Waals surface area contributed by atoms with Gasteiger partial charge in [-0.2, -0.15) is 0 Å². The summed E-state index contributed by atoms with van der Waals surface area (Å²) < 4.78 is 2.01. The van der Waals surface area contributed by atoms with E-state index in [1.807, 2.05) is 53.2 Å². The summed E-state index contributed by atoms with van der Waals surface area (Å²) in [6.07, 6.45) is 5.50. The lowest BCUT2D eigenvalue weighted by Gasteiger charge is -2.32. The van der Waals surface area contributed by atoms with Crippen molar-refractivity contribution in [2.45, 2.75) is 13.1 Å². The molecule has 1 aromatic heterocycles. The van der Waals surface area contributed by atoms with Crippen LogP contribution >= 0.6 is 0 Å². The molecule has 1 N–H and O–H groups in total. The van der Waals surface area contributed by atoms with E-state index >= 15 is 0 Å². The van der Waals surface area contributed by atoms with E-state index in [1.165, 1.54) is 5.56 Å². The molecule has 3 aromatic rings. The van der Waals surface area contributed by atoms with Crippen LogP contribution in [-0.2, 0) is 13.1 Å². The number of carbonyl (C=O) groups is 1. The average molecular weight is 390 g/mol. The molecule has 0 bridgehead atoms. The second kappa shape index (κ2) is 9.03. The molecule has 0 radical (unpaired) electrons. The predicted octanol–water partition coefficient (Wildman–Crippen LogP) is 2.93. The van der Waals surface area contributed by atoms with Gasteiger partial charge in [0.1, 0.15) is 0 Å². The molecule has 1 aliphatic heterocycles. The van der Waals surface area contributed by atoms with Crippen LogP contribution in [0.3, 0.4) is 0 Å². The highest BCUT2D eigenvalue weighted by atomic mass is 16.1. The van der Waals surface area contributed by atoms with Gasteiger partial charge >= 0.3 is 0 Å². The van der Waals surface area contributed by atoms with Gasteiger partial charge in [-0.05, 0) is 42.4 Å². The van der Waals surface area contributed by atoms with Gasteiger partial charge in [0.05, 0.1) is 6.33 Å². The monoisotopic (exact) mass is 389 g/mol. The molecule has 1 fully saturated rings. The van der Waals surface area contributed by atoms with E-state index in [1.54, 1.807) is 12.5 Å². The van der Waals surface area contributed by atoms with E-state index < -0.39 is 0 Å². The third-order valence-electron chi connectivity index (χ3n) is 5.33. The molecule has 1 amide bonds. The van der Waals surface area contributed by atoms with Gasteiger partial charge < -0.3 is 14.8 Å². The molecule has 2 heterocycles. The third kappa shape index (κ3) is 5.31. The maximum atomic E-state index is 12.7. The number of carbonyl (C=O) groups excluding carboxylic acids is 1. The minimum absolute atomic E-state index is 0.0763. The summed E-state index contributed by atoms with van der Waals surface area (Å²) in [4.78, 5) is 21.5. The number of hydrogen-bond donors (Lipinski definition) is 1. The first-order valence-electron chi connectivity index (χ1n) is 10.0. The number of likely N-dealkylation sites (N-methyl/N-ethyl adjacent to an activating group) is 1. The van der Waals surface area contributed by atoms with E-state index in [4.69, 9.17) is 0 Å². The molecule has 1 aliphatic rings. The fourth-order valence-corrected chi connectivity index (χ4v) is 3.56. The normalized spacial score (nSPS) is 15.3. The Balaban J connectivity index is 1.35. The van der Waals surface area contributed by atoms with E-state index in [0.717, 1.165) is 50.5 Å². The highest BCUT2D eigenvalue weighted by molar-refractivity contribution is 6.04. The highest BCUT2D eigenvalue weighted by Gasteiger charge is 2.14.